The largest absolute Gasteiger partial charge is 0.497 e. The first-order valence-electron chi connectivity index (χ1n) is 7.97. The third-order valence-corrected chi connectivity index (χ3v) is 4.90. The number of nitrogens with zero attached hydrogens (tertiary/aromatic N) is 4. The van der Waals surface area contributed by atoms with Crippen LogP contribution in [-0.2, 0) is 11.3 Å². The van der Waals surface area contributed by atoms with E-state index in [0.717, 1.165) is 19.4 Å². The van der Waals surface area contributed by atoms with Gasteiger partial charge in [-0.15, -0.1) is 5.10 Å². The van der Waals surface area contributed by atoms with Gasteiger partial charge in [0.15, 0.2) is 5.78 Å². The van der Waals surface area contributed by atoms with Crippen molar-refractivity contribution in [2.45, 2.75) is 30.6 Å². The van der Waals surface area contributed by atoms with Gasteiger partial charge in [-0.1, -0.05) is 11.8 Å². The molecule has 0 spiro atoms. The molecule has 2 aromatic rings. The summed E-state index contributed by atoms with van der Waals surface area (Å²) in [4.78, 5) is 12.5. The topological polar surface area (TPSA) is 88.4 Å². The van der Waals surface area contributed by atoms with Gasteiger partial charge in [-0.3, -0.25) is 4.79 Å². The second-order valence-electron chi connectivity index (χ2n) is 5.56. The van der Waals surface area contributed by atoms with Crippen molar-refractivity contribution in [2.24, 2.45) is 0 Å². The van der Waals surface area contributed by atoms with E-state index in [1.807, 2.05) is 0 Å². The smallest absolute Gasteiger partial charge is 0.209 e. The molecular weight excluding hydrogens is 344 g/mol. The summed E-state index contributed by atoms with van der Waals surface area (Å²) in [6, 6.07) is 5.14. The Morgan fingerprint density at radius 3 is 3.00 bits per heavy atom. The molecule has 0 bridgehead atoms. The van der Waals surface area contributed by atoms with Gasteiger partial charge in [0.05, 0.1) is 38.2 Å². The highest BCUT2D eigenvalue weighted by Crippen LogP contribution is 2.27. The van der Waals surface area contributed by atoms with E-state index in [1.54, 1.807) is 30.0 Å². The molecule has 25 heavy (non-hydrogen) atoms. The molecule has 1 unspecified atom stereocenters. The standard InChI is InChI=1S/C16H20N4O4S/c1-22-11-5-6-13(15(8-11)23-2)14(21)10-25-16-17-18-19-20(16)9-12-4-3-7-24-12/h5-6,8,12H,3-4,7,9-10H2,1-2H3. The van der Waals surface area contributed by atoms with Crippen LogP contribution in [0.5, 0.6) is 11.5 Å². The van der Waals surface area contributed by atoms with Crippen LogP contribution in [0.4, 0.5) is 0 Å². The van der Waals surface area contributed by atoms with Gasteiger partial charge in [0.1, 0.15) is 11.5 Å². The summed E-state index contributed by atoms with van der Waals surface area (Å²) in [7, 11) is 3.10. The summed E-state index contributed by atoms with van der Waals surface area (Å²) < 4.78 is 17.7. The number of ketones is 1. The Kier molecular flexibility index (Phi) is 5.87. The van der Waals surface area contributed by atoms with Crippen molar-refractivity contribution in [3.05, 3.63) is 23.8 Å². The van der Waals surface area contributed by atoms with E-state index in [4.69, 9.17) is 14.2 Å². The van der Waals surface area contributed by atoms with E-state index in [0.29, 0.717) is 28.8 Å². The highest BCUT2D eigenvalue weighted by molar-refractivity contribution is 7.99. The molecule has 0 aliphatic carbocycles. The molecule has 1 fully saturated rings. The lowest BCUT2D eigenvalue weighted by molar-refractivity contribution is 0.0912. The lowest BCUT2D eigenvalue weighted by Gasteiger charge is -2.11. The number of thioether (sulfide) groups is 1. The van der Waals surface area contributed by atoms with Crippen LogP contribution < -0.4 is 9.47 Å². The van der Waals surface area contributed by atoms with Crippen molar-refractivity contribution in [1.29, 1.82) is 0 Å². The summed E-state index contributed by atoms with van der Waals surface area (Å²) in [5.74, 6) is 1.29. The molecule has 2 heterocycles. The van der Waals surface area contributed by atoms with Crippen LogP contribution in [0.1, 0.15) is 23.2 Å². The van der Waals surface area contributed by atoms with Gasteiger partial charge in [0.2, 0.25) is 5.16 Å². The van der Waals surface area contributed by atoms with Crippen LogP contribution in [0.25, 0.3) is 0 Å². The summed E-state index contributed by atoms with van der Waals surface area (Å²) in [5, 5.41) is 12.3. The van der Waals surface area contributed by atoms with E-state index in [9.17, 15) is 4.79 Å². The van der Waals surface area contributed by atoms with E-state index in [2.05, 4.69) is 15.5 Å². The Hall–Kier alpha value is -2.13. The molecule has 9 heteroatoms. The van der Waals surface area contributed by atoms with Crippen molar-refractivity contribution in [1.82, 2.24) is 20.2 Å². The van der Waals surface area contributed by atoms with E-state index < -0.39 is 0 Å². The first-order chi connectivity index (χ1) is 12.2. The molecule has 1 aromatic heterocycles. The SMILES string of the molecule is COc1ccc(C(=O)CSc2nnnn2CC2CCCO2)c(OC)c1. The van der Waals surface area contributed by atoms with Gasteiger partial charge in [-0.25, -0.2) is 4.68 Å². The number of Topliss-reactive ketones (excluding diaryl/α,β-unsaturated/α-hetero) is 1. The number of benzene rings is 1. The van der Waals surface area contributed by atoms with E-state index in [1.165, 1.54) is 18.9 Å². The molecule has 1 saturated heterocycles. The lowest BCUT2D eigenvalue weighted by Crippen LogP contribution is -2.17. The molecule has 1 aliphatic heterocycles. The molecule has 1 atom stereocenters. The number of carbonyl (C=O) groups excluding carboxylic acids is 1. The Morgan fingerprint density at radius 2 is 2.28 bits per heavy atom. The van der Waals surface area contributed by atoms with Crippen LogP contribution >= 0.6 is 11.8 Å². The number of hydrogen-bond acceptors (Lipinski definition) is 8. The average Bonchev–Trinajstić information content (AvgIpc) is 3.31. The number of carbonyl (C=O) groups is 1. The second kappa shape index (κ2) is 8.30. The normalized spacial score (nSPS) is 16.8. The minimum absolute atomic E-state index is 0.0591. The maximum Gasteiger partial charge on any atom is 0.209 e. The number of rotatable bonds is 8. The van der Waals surface area contributed by atoms with Crippen molar-refractivity contribution in [3.63, 3.8) is 0 Å². The van der Waals surface area contributed by atoms with Gasteiger partial charge in [0.25, 0.3) is 0 Å². The first kappa shape index (κ1) is 17.7. The molecular formula is C16H20N4O4S. The van der Waals surface area contributed by atoms with Crippen LogP contribution in [0.2, 0.25) is 0 Å². The van der Waals surface area contributed by atoms with Crippen LogP contribution in [0, 0.1) is 0 Å². The lowest BCUT2D eigenvalue weighted by atomic mass is 10.1. The Balaban J connectivity index is 1.64. The van der Waals surface area contributed by atoms with Gasteiger partial charge in [-0.2, -0.15) is 0 Å². The minimum Gasteiger partial charge on any atom is -0.497 e. The number of aromatic nitrogens is 4. The Labute approximate surface area is 149 Å². The number of hydrogen-bond donors (Lipinski definition) is 0. The summed E-state index contributed by atoms with van der Waals surface area (Å²) in [6.07, 6.45) is 2.21. The number of tetrazole rings is 1. The van der Waals surface area contributed by atoms with Gasteiger partial charge >= 0.3 is 0 Å². The van der Waals surface area contributed by atoms with Crippen LogP contribution in [-0.4, -0.2) is 58.7 Å². The molecule has 0 N–H and O–H groups in total. The fourth-order valence-corrected chi connectivity index (χ4v) is 3.40. The monoisotopic (exact) mass is 364 g/mol. The zero-order valence-electron chi connectivity index (χ0n) is 14.2. The third kappa shape index (κ3) is 4.29. The van der Waals surface area contributed by atoms with Gasteiger partial charge in [-0.05, 0) is 35.4 Å². The highest BCUT2D eigenvalue weighted by atomic mass is 32.2. The van der Waals surface area contributed by atoms with Crippen molar-refractivity contribution < 1.29 is 19.0 Å². The fraction of sp³-hybridized carbons (Fsp3) is 0.500. The third-order valence-electron chi connectivity index (χ3n) is 3.94. The summed E-state index contributed by atoms with van der Waals surface area (Å²) in [6.45, 7) is 1.39. The van der Waals surface area contributed by atoms with Crippen molar-refractivity contribution in [2.75, 3.05) is 26.6 Å². The fourth-order valence-electron chi connectivity index (χ4n) is 2.63. The number of ether oxygens (including phenoxy) is 3. The molecule has 1 aromatic carbocycles. The predicted octanol–water partition coefficient (Wildman–Crippen LogP) is 1.84. The molecule has 0 saturated carbocycles. The molecule has 1 aliphatic rings. The molecule has 3 rings (SSSR count). The molecule has 134 valence electrons. The average molecular weight is 364 g/mol. The van der Waals surface area contributed by atoms with Crippen LogP contribution in [0.3, 0.4) is 0 Å². The van der Waals surface area contributed by atoms with E-state index >= 15 is 0 Å². The molecule has 8 nitrogen and oxygen atoms in total. The number of methoxy groups -OCH3 is 2. The second-order valence-corrected chi connectivity index (χ2v) is 6.50. The maximum atomic E-state index is 12.5. The molecule has 0 amide bonds. The highest BCUT2D eigenvalue weighted by Gasteiger charge is 2.20. The maximum absolute atomic E-state index is 12.5. The Bertz CT molecular complexity index is 731. The zero-order chi connectivity index (χ0) is 17.6. The quantitative estimate of drug-likeness (QED) is 0.518. The Morgan fingerprint density at radius 1 is 1.40 bits per heavy atom. The summed E-state index contributed by atoms with van der Waals surface area (Å²) >= 11 is 1.30. The van der Waals surface area contributed by atoms with Gasteiger partial charge < -0.3 is 14.2 Å². The van der Waals surface area contributed by atoms with Gasteiger partial charge in [0, 0.05) is 12.7 Å². The first-order valence-corrected chi connectivity index (χ1v) is 8.95. The molecule has 0 radical (unpaired) electrons. The minimum atomic E-state index is -0.0591. The summed E-state index contributed by atoms with van der Waals surface area (Å²) in [5.41, 5.74) is 0.508. The zero-order valence-corrected chi connectivity index (χ0v) is 15.0. The van der Waals surface area contributed by atoms with Crippen molar-refractivity contribution in [3.8, 4) is 11.5 Å². The van der Waals surface area contributed by atoms with Crippen molar-refractivity contribution >= 4 is 17.5 Å². The predicted molar refractivity (Wildman–Crippen MR) is 91.4 cm³/mol. The van der Waals surface area contributed by atoms with Crippen LogP contribution in [0.15, 0.2) is 23.4 Å². The van der Waals surface area contributed by atoms with E-state index in [-0.39, 0.29) is 17.6 Å².